The van der Waals surface area contributed by atoms with Crippen LogP contribution in [0.4, 0.5) is 10.1 Å². The number of hydrogen-bond donors (Lipinski definition) is 1. The zero-order chi connectivity index (χ0) is 24.2. The number of amides is 1. The first-order chi connectivity index (χ1) is 15.6. The Bertz CT molecular complexity index is 1130. The number of aryl methyl sites for hydroxylation is 1. The first-order valence-corrected chi connectivity index (χ1v) is 12.6. The minimum Gasteiger partial charge on any atom is -0.462 e. The smallest absolute Gasteiger partial charge is 0.338 e. The van der Waals surface area contributed by atoms with Crippen molar-refractivity contribution in [2.24, 2.45) is 5.92 Å². The summed E-state index contributed by atoms with van der Waals surface area (Å²) in [5.41, 5.74) is 1.58. The van der Waals surface area contributed by atoms with E-state index in [0.717, 1.165) is 5.56 Å². The van der Waals surface area contributed by atoms with E-state index in [1.807, 2.05) is 6.92 Å². The highest BCUT2D eigenvalue weighted by atomic mass is 35.5. The van der Waals surface area contributed by atoms with Gasteiger partial charge >= 0.3 is 5.97 Å². The number of anilines is 1. The van der Waals surface area contributed by atoms with Crippen molar-refractivity contribution < 1.29 is 27.1 Å². The number of esters is 1. The lowest BCUT2D eigenvalue weighted by molar-refractivity contribution is -0.120. The van der Waals surface area contributed by atoms with Gasteiger partial charge in [-0.3, -0.25) is 4.79 Å². The highest BCUT2D eigenvalue weighted by Crippen LogP contribution is 2.27. The molecule has 0 aromatic heterocycles. The van der Waals surface area contributed by atoms with Gasteiger partial charge in [-0.05, 0) is 56.5 Å². The molecule has 33 heavy (non-hydrogen) atoms. The highest BCUT2D eigenvalue weighted by Gasteiger charge is 2.32. The number of sulfonamides is 1. The molecule has 1 amide bonds. The molecule has 1 saturated heterocycles. The number of carbonyl (C=O) groups is 2. The van der Waals surface area contributed by atoms with Crippen molar-refractivity contribution in [3.05, 3.63) is 63.9 Å². The summed E-state index contributed by atoms with van der Waals surface area (Å²) in [6, 6.07) is 8.97. The van der Waals surface area contributed by atoms with Crippen LogP contribution in [-0.4, -0.2) is 44.3 Å². The Hall–Kier alpha value is -2.49. The average molecular weight is 497 g/mol. The molecule has 0 aliphatic carbocycles. The molecule has 7 nitrogen and oxygen atoms in total. The lowest BCUT2D eigenvalue weighted by atomic mass is 9.97. The summed E-state index contributed by atoms with van der Waals surface area (Å²) in [5, 5.41) is 2.91. The van der Waals surface area contributed by atoms with Crippen LogP contribution in [0.2, 0.25) is 5.02 Å². The number of rotatable bonds is 7. The van der Waals surface area contributed by atoms with Gasteiger partial charge in [-0.15, -0.1) is 0 Å². The van der Waals surface area contributed by atoms with E-state index in [2.05, 4.69) is 5.32 Å². The maximum Gasteiger partial charge on any atom is 0.338 e. The number of nitrogens with one attached hydrogen (secondary N) is 1. The van der Waals surface area contributed by atoms with Crippen LogP contribution in [-0.2, 0) is 25.3 Å². The van der Waals surface area contributed by atoms with Crippen LogP contribution in [0.1, 0.15) is 41.3 Å². The first kappa shape index (κ1) is 25.1. The molecule has 2 aromatic carbocycles. The first-order valence-electron chi connectivity index (χ1n) is 10.6. The molecule has 3 rings (SSSR count). The van der Waals surface area contributed by atoms with Crippen molar-refractivity contribution in [1.29, 1.82) is 0 Å². The Morgan fingerprint density at radius 3 is 2.55 bits per heavy atom. The predicted octanol–water partition coefficient (Wildman–Crippen LogP) is 4.14. The van der Waals surface area contributed by atoms with Crippen LogP contribution in [0.3, 0.4) is 0 Å². The van der Waals surface area contributed by atoms with Crippen molar-refractivity contribution in [2.45, 2.75) is 32.4 Å². The molecule has 0 unspecified atom stereocenters. The normalized spacial score (nSPS) is 15.3. The fourth-order valence-corrected chi connectivity index (χ4v) is 5.59. The van der Waals surface area contributed by atoms with Crippen LogP contribution < -0.4 is 5.32 Å². The molecular weight excluding hydrogens is 471 g/mol. The van der Waals surface area contributed by atoms with Crippen LogP contribution >= 0.6 is 11.6 Å². The molecule has 178 valence electrons. The monoisotopic (exact) mass is 496 g/mol. The number of carbonyl (C=O) groups excluding carboxylic acids is 2. The molecule has 1 N–H and O–H groups in total. The second-order valence-corrected chi connectivity index (χ2v) is 10.2. The highest BCUT2D eigenvalue weighted by molar-refractivity contribution is 7.88. The summed E-state index contributed by atoms with van der Waals surface area (Å²) in [6.45, 7) is 4.07. The quantitative estimate of drug-likeness (QED) is 0.581. The maximum atomic E-state index is 14.0. The topological polar surface area (TPSA) is 92.8 Å². The summed E-state index contributed by atoms with van der Waals surface area (Å²) in [5.74, 6) is -2.30. The van der Waals surface area contributed by atoms with E-state index in [4.69, 9.17) is 16.3 Å². The number of benzene rings is 2. The van der Waals surface area contributed by atoms with E-state index < -0.39 is 27.6 Å². The van der Waals surface area contributed by atoms with Crippen molar-refractivity contribution in [3.8, 4) is 0 Å². The van der Waals surface area contributed by atoms with Crippen molar-refractivity contribution in [1.82, 2.24) is 4.31 Å². The van der Waals surface area contributed by atoms with Crippen molar-refractivity contribution in [3.63, 3.8) is 0 Å². The second-order valence-electron chi connectivity index (χ2n) is 7.87. The molecule has 0 bridgehead atoms. The zero-order valence-corrected chi connectivity index (χ0v) is 20.0. The largest absolute Gasteiger partial charge is 0.462 e. The number of halogens is 2. The molecule has 0 saturated carbocycles. The Morgan fingerprint density at radius 1 is 1.21 bits per heavy atom. The van der Waals surface area contributed by atoms with Gasteiger partial charge in [-0.2, -0.15) is 0 Å². The Kier molecular flexibility index (Phi) is 8.10. The number of ether oxygens (including phenoxy) is 1. The fourth-order valence-electron chi connectivity index (χ4n) is 3.67. The van der Waals surface area contributed by atoms with Gasteiger partial charge in [-0.1, -0.05) is 23.7 Å². The van der Waals surface area contributed by atoms with E-state index in [9.17, 15) is 22.4 Å². The molecule has 0 spiro atoms. The predicted molar refractivity (Wildman–Crippen MR) is 124 cm³/mol. The summed E-state index contributed by atoms with van der Waals surface area (Å²) in [7, 11) is -3.79. The summed E-state index contributed by atoms with van der Waals surface area (Å²) >= 11 is 5.97. The van der Waals surface area contributed by atoms with Crippen LogP contribution in [0.15, 0.2) is 36.4 Å². The molecule has 10 heteroatoms. The summed E-state index contributed by atoms with van der Waals surface area (Å²) in [6.07, 6.45) is 0.652. The average Bonchev–Trinajstić information content (AvgIpc) is 2.78. The third-order valence-corrected chi connectivity index (χ3v) is 7.77. The fraction of sp³-hybridized carbons (Fsp3) is 0.391. The molecule has 0 atom stereocenters. The Labute approximate surface area is 197 Å². The van der Waals surface area contributed by atoms with E-state index in [-0.39, 0.29) is 42.1 Å². The van der Waals surface area contributed by atoms with Crippen LogP contribution in [0, 0.1) is 18.7 Å². The van der Waals surface area contributed by atoms with Crippen molar-refractivity contribution >= 4 is 39.2 Å². The van der Waals surface area contributed by atoms with Gasteiger partial charge in [0.25, 0.3) is 0 Å². The number of nitrogens with zero attached hydrogens (tertiary/aromatic N) is 1. The SMILES string of the molecule is CCOC(=O)c1ccc(C)c(NC(=O)C2CCN(S(=O)(=O)Cc3c(F)cccc3Cl)CC2)c1. The van der Waals surface area contributed by atoms with Gasteiger partial charge in [0.1, 0.15) is 5.82 Å². The molecule has 1 aliphatic heterocycles. The third kappa shape index (κ3) is 6.10. The van der Waals surface area contributed by atoms with E-state index in [0.29, 0.717) is 24.1 Å². The van der Waals surface area contributed by atoms with E-state index in [1.54, 1.807) is 25.1 Å². The Balaban J connectivity index is 1.62. The molecule has 1 aliphatic rings. The van der Waals surface area contributed by atoms with Gasteiger partial charge in [0.05, 0.1) is 17.9 Å². The minimum absolute atomic E-state index is 0.0593. The molecule has 0 radical (unpaired) electrons. The molecule has 1 heterocycles. The van der Waals surface area contributed by atoms with Gasteiger partial charge in [-0.25, -0.2) is 21.9 Å². The van der Waals surface area contributed by atoms with E-state index in [1.165, 1.54) is 22.5 Å². The Morgan fingerprint density at radius 2 is 1.91 bits per heavy atom. The van der Waals surface area contributed by atoms with Gasteiger partial charge in [0, 0.05) is 35.3 Å². The van der Waals surface area contributed by atoms with E-state index >= 15 is 0 Å². The minimum atomic E-state index is -3.79. The van der Waals surface area contributed by atoms with Gasteiger partial charge in [0.2, 0.25) is 15.9 Å². The zero-order valence-electron chi connectivity index (χ0n) is 18.4. The second kappa shape index (κ2) is 10.6. The van der Waals surface area contributed by atoms with Crippen LogP contribution in [0.25, 0.3) is 0 Å². The van der Waals surface area contributed by atoms with Gasteiger partial charge < -0.3 is 10.1 Å². The maximum absolute atomic E-state index is 14.0. The van der Waals surface area contributed by atoms with Gasteiger partial charge in [0.15, 0.2) is 0 Å². The number of hydrogen-bond acceptors (Lipinski definition) is 5. The summed E-state index contributed by atoms with van der Waals surface area (Å²) < 4.78 is 45.9. The standard InChI is InChI=1S/C23H26ClFN2O5S/c1-3-32-23(29)17-8-7-15(2)21(13-17)26-22(28)16-9-11-27(12-10-16)33(30,31)14-18-19(24)5-4-6-20(18)25/h4-8,13,16H,3,9-12,14H2,1-2H3,(H,26,28). The molecule has 2 aromatic rings. The van der Waals surface area contributed by atoms with Crippen LogP contribution in [0.5, 0.6) is 0 Å². The lowest BCUT2D eigenvalue weighted by Gasteiger charge is -2.30. The lowest BCUT2D eigenvalue weighted by Crippen LogP contribution is -2.42. The molecule has 1 fully saturated rings. The van der Waals surface area contributed by atoms with Crippen molar-refractivity contribution in [2.75, 3.05) is 25.0 Å². The third-order valence-electron chi connectivity index (χ3n) is 5.61. The summed E-state index contributed by atoms with van der Waals surface area (Å²) in [4.78, 5) is 24.8. The number of piperidine rings is 1. The molecular formula is C23H26ClFN2O5S.